The summed E-state index contributed by atoms with van der Waals surface area (Å²) in [4.78, 5) is 30.9. The van der Waals surface area contributed by atoms with E-state index in [4.69, 9.17) is 0 Å². The van der Waals surface area contributed by atoms with Crippen molar-refractivity contribution in [3.8, 4) is 0 Å². The largest absolute Gasteiger partial charge is 0.352 e. The third-order valence-corrected chi connectivity index (χ3v) is 5.27. The molecule has 5 nitrogen and oxygen atoms in total. The van der Waals surface area contributed by atoms with Crippen molar-refractivity contribution >= 4 is 11.8 Å². The average Bonchev–Trinajstić information content (AvgIpc) is 2.90. The molecule has 1 atom stereocenters. The van der Waals surface area contributed by atoms with Gasteiger partial charge in [-0.3, -0.25) is 14.6 Å². The first-order valence-electron chi connectivity index (χ1n) is 9.20. The van der Waals surface area contributed by atoms with E-state index in [0.717, 1.165) is 18.4 Å². The van der Waals surface area contributed by atoms with Crippen LogP contribution in [0.5, 0.6) is 0 Å². The lowest BCUT2D eigenvalue weighted by Gasteiger charge is -2.37. The standard InChI is InChI=1S/C19H27N3O2/c23-18-10-9-16(14-22(18)17-7-3-1-2-4-8-17)19(24)21-13-15-6-5-11-20-12-15/h5-6,11-12,16-17H,1-4,7-10,13-14H2,(H,21,24)/t16-/m1/s1. The molecule has 1 aromatic rings. The van der Waals surface area contributed by atoms with E-state index in [0.29, 0.717) is 32.0 Å². The summed E-state index contributed by atoms with van der Waals surface area (Å²) in [6, 6.07) is 4.17. The Morgan fingerprint density at radius 3 is 2.71 bits per heavy atom. The second-order valence-corrected chi connectivity index (χ2v) is 7.01. The lowest BCUT2D eigenvalue weighted by molar-refractivity contribution is -0.141. The fourth-order valence-electron chi connectivity index (χ4n) is 3.84. The first kappa shape index (κ1) is 16.9. The van der Waals surface area contributed by atoms with E-state index in [-0.39, 0.29) is 17.7 Å². The zero-order valence-corrected chi connectivity index (χ0v) is 14.2. The monoisotopic (exact) mass is 329 g/mol. The summed E-state index contributed by atoms with van der Waals surface area (Å²) in [5.74, 6) is 0.214. The number of rotatable bonds is 4. The molecule has 0 spiro atoms. The molecule has 1 saturated carbocycles. The molecule has 1 aliphatic heterocycles. The Hall–Kier alpha value is -1.91. The fourth-order valence-corrected chi connectivity index (χ4v) is 3.84. The molecule has 2 amide bonds. The van der Waals surface area contributed by atoms with Crippen molar-refractivity contribution in [1.82, 2.24) is 15.2 Å². The smallest absolute Gasteiger partial charge is 0.225 e. The molecule has 0 unspecified atom stereocenters. The number of piperidine rings is 1. The highest BCUT2D eigenvalue weighted by Crippen LogP contribution is 2.27. The van der Waals surface area contributed by atoms with Crippen LogP contribution in [0.2, 0.25) is 0 Å². The van der Waals surface area contributed by atoms with Crippen LogP contribution in [0.15, 0.2) is 24.5 Å². The van der Waals surface area contributed by atoms with E-state index in [1.807, 2.05) is 17.0 Å². The summed E-state index contributed by atoms with van der Waals surface area (Å²) in [7, 11) is 0. The van der Waals surface area contributed by atoms with Crippen LogP contribution in [0.25, 0.3) is 0 Å². The Morgan fingerprint density at radius 2 is 2.00 bits per heavy atom. The zero-order chi connectivity index (χ0) is 16.8. The predicted molar refractivity (Wildman–Crippen MR) is 92.0 cm³/mol. The predicted octanol–water partition coefficient (Wildman–Crippen LogP) is 2.66. The average molecular weight is 329 g/mol. The molecule has 1 aliphatic carbocycles. The molecule has 1 N–H and O–H groups in total. The molecule has 0 radical (unpaired) electrons. The molecule has 1 saturated heterocycles. The number of aromatic nitrogens is 1. The number of hydrogen-bond acceptors (Lipinski definition) is 3. The number of amides is 2. The molecule has 0 aromatic carbocycles. The number of nitrogens with one attached hydrogen (secondary N) is 1. The van der Waals surface area contributed by atoms with Gasteiger partial charge in [0.05, 0.1) is 5.92 Å². The number of carbonyl (C=O) groups excluding carboxylic acids is 2. The van der Waals surface area contributed by atoms with Crippen molar-refractivity contribution in [1.29, 1.82) is 0 Å². The van der Waals surface area contributed by atoms with E-state index >= 15 is 0 Å². The Balaban J connectivity index is 1.55. The number of hydrogen-bond donors (Lipinski definition) is 1. The van der Waals surface area contributed by atoms with E-state index in [9.17, 15) is 9.59 Å². The summed E-state index contributed by atoms with van der Waals surface area (Å²) in [6.07, 6.45) is 11.8. The highest BCUT2D eigenvalue weighted by atomic mass is 16.2. The fraction of sp³-hybridized carbons (Fsp3) is 0.632. The molecule has 0 bridgehead atoms. The normalized spacial score (nSPS) is 22.9. The maximum atomic E-state index is 12.5. The van der Waals surface area contributed by atoms with Crippen molar-refractivity contribution in [2.75, 3.05) is 6.54 Å². The van der Waals surface area contributed by atoms with Crippen molar-refractivity contribution in [2.45, 2.75) is 64.0 Å². The van der Waals surface area contributed by atoms with Crippen LogP contribution < -0.4 is 5.32 Å². The number of likely N-dealkylation sites (tertiary alicyclic amines) is 1. The second-order valence-electron chi connectivity index (χ2n) is 7.01. The third kappa shape index (κ3) is 4.34. The highest BCUT2D eigenvalue weighted by molar-refractivity contribution is 5.84. The molecule has 24 heavy (non-hydrogen) atoms. The summed E-state index contributed by atoms with van der Waals surface area (Å²) < 4.78 is 0. The molecule has 3 rings (SSSR count). The molecular formula is C19H27N3O2. The molecule has 5 heteroatoms. The van der Waals surface area contributed by atoms with Gasteiger partial charge >= 0.3 is 0 Å². The van der Waals surface area contributed by atoms with Gasteiger partial charge in [-0.05, 0) is 30.9 Å². The van der Waals surface area contributed by atoms with Gasteiger partial charge in [-0.2, -0.15) is 0 Å². The Morgan fingerprint density at radius 1 is 1.21 bits per heavy atom. The molecular weight excluding hydrogens is 302 g/mol. The maximum Gasteiger partial charge on any atom is 0.225 e. The van der Waals surface area contributed by atoms with Gasteiger partial charge in [-0.1, -0.05) is 31.7 Å². The van der Waals surface area contributed by atoms with Crippen molar-refractivity contribution in [2.24, 2.45) is 5.92 Å². The van der Waals surface area contributed by atoms with Crippen LogP contribution in [0.4, 0.5) is 0 Å². The molecule has 130 valence electrons. The Kier molecular flexibility index (Phi) is 5.83. The van der Waals surface area contributed by atoms with E-state index < -0.39 is 0 Å². The number of nitrogens with zero attached hydrogens (tertiary/aromatic N) is 2. The topological polar surface area (TPSA) is 62.3 Å². The first-order chi connectivity index (χ1) is 11.7. The van der Waals surface area contributed by atoms with Crippen LogP contribution in [0.1, 0.15) is 56.9 Å². The number of pyridine rings is 1. The lowest BCUT2D eigenvalue weighted by Crippen LogP contribution is -2.49. The van der Waals surface area contributed by atoms with Gasteiger partial charge in [0.15, 0.2) is 0 Å². The summed E-state index contributed by atoms with van der Waals surface area (Å²) in [6.45, 7) is 1.09. The summed E-state index contributed by atoms with van der Waals surface area (Å²) in [5.41, 5.74) is 0.998. The van der Waals surface area contributed by atoms with Gasteiger partial charge in [0, 0.05) is 37.9 Å². The van der Waals surface area contributed by atoms with Crippen molar-refractivity contribution in [3.05, 3.63) is 30.1 Å². The van der Waals surface area contributed by atoms with E-state index in [2.05, 4.69) is 10.3 Å². The van der Waals surface area contributed by atoms with Gasteiger partial charge in [-0.15, -0.1) is 0 Å². The van der Waals surface area contributed by atoms with Crippen molar-refractivity contribution < 1.29 is 9.59 Å². The third-order valence-electron chi connectivity index (χ3n) is 5.27. The minimum absolute atomic E-state index is 0.0602. The quantitative estimate of drug-likeness (QED) is 0.864. The molecule has 2 fully saturated rings. The van der Waals surface area contributed by atoms with Crippen LogP contribution in [0, 0.1) is 5.92 Å². The number of carbonyl (C=O) groups is 2. The Bertz CT molecular complexity index is 553. The van der Waals surface area contributed by atoms with E-state index in [1.54, 1.807) is 12.4 Å². The lowest BCUT2D eigenvalue weighted by atomic mass is 9.93. The maximum absolute atomic E-state index is 12.5. The minimum Gasteiger partial charge on any atom is -0.352 e. The molecule has 2 aliphatic rings. The van der Waals surface area contributed by atoms with E-state index in [1.165, 1.54) is 25.7 Å². The molecule has 1 aromatic heterocycles. The SMILES string of the molecule is O=C(NCc1cccnc1)[C@@H]1CCC(=O)N(C2CCCCCC2)C1. The minimum atomic E-state index is -0.0809. The zero-order valence-electron chi connectivity index (χ0n) is 14.2. The van der Waals surface area contributed by atoms with Gasteiger partial charge in [0.2, 0.25) is 11.8 Å². The molecule has 2 heterocycles. The van der Waals surface area contributed by atoms with Gasteiger partial charge in [0.25, 0.3) is 0 Å². The van der Waals surface area contributed by atoms with Crippen molar-refractivity contribution in [3.63, 3.8) is 0 Å². The summed E-state index contributed by atoms with van der Waals surface area (Å²) in [5, 5.41) is 3.00. The van der Waals surface area contributed by atoms with Crippen LogP contribution >= 0.6 is 0 Å². The highest BCUT2D eigenvalue weighted by Gasteiger charge is 2.34. The van der Waals surface area contributed by atoms with Gasteiger partial charge in [-0.25, -0.2) is 0 Å². The van der Waals surface area contributed by atoms with Crippen LogP contribution in [-0.2, 0) is 16.1 Å². The first-order valence-corrected chi connectivity index (χ1v) is 9.20. The van der Waals surface area contributed by atoms with Crippen LogP contribution in [0.3, 0.4) is 0 Å². The van der Waals surface area contributed by atoms with Crippen LogP contribution in [-0.4, -0.2) is 34.3 Å². The Labute approximate surface area is 143 Å². The van der Waals surface area contributed by atoms with Gasteiger partial charge in [0.1, 0.15) is 0 Å². The second kappa shape index (κ2) is 8.27. The van der Waals surface area contributed by atoms with Gasteiger partial charge < -0.3 is 10.2 Å². The summed E-state index contributed by atoms with van der Waals surface area (Å²) >= 11 is 0.